The summed E-state index contributed by atoms with van der Waals surface area (Å²) in [7, 11) is 0. The molecule has 0 aromatic carbocycles. The van der Waals surface area contributed by atoms with E-state index in [4.69, 9.17) is 10.2 Å². The summed E-state index contributed by atoms with van der Waals surface area (Å²) in [4.78, 5) is 0.822. The van der Waals surface area contributed by atoms with Gasteiger partial charge in [-0.05, 0) is 25.0 Å². The molecule has 4 rings (SSSR count). The van der Waals surface area contributed by atoms with Gasteiger partial charge < -0.3 is 10.2 Å². The third-order valence-electron chi connectivity index (χ3n) is 3.56. The Hall–Kier alpha value is -1.73. The summed E-state index contributed by atoms with van der Waals surface area (Å²) in [5.74, 6) is 3.01. The van der Waals surface area contributed by atoms with E-state index in [9.17, 15) is 0 Å². The van der Waals surface area contributed by atoms with E-state index in [2.05, 4.69) is 15.3 Å². The number of rotatable bonds is 3. The van der Waals surface area contributed by atoms with Crippen molar-refractivity contribution in [3.63, 3.8) is 0 Å². The number of fused-ring (bicyclic) bond motifs is 1. The Bertz CT molecular complexity index is 723. The number of furan rings is 1. The second-order valence-electron chi connectivity index (χ2n) is 4.76. The van der Waals surface area contributed by atoms with Crippen molar-refractivity contribution in [3.8, 4) is 10.8 Å². The number of aromatic nitrogens is 4. The maximum Gasteiger partial charge on any atom is 0.235 e. The molecule has 1 fully saturated rings. The summed E-state index contributed by atoms with van der Waals surface area (Å²) in [5.41, 5.74) is 5.55. The van der Waals surface area contributed by atoms with Crippen molar-refractivity contribution >= 4 is 16.3 Å². The van der Waals surface area contributed by atoms with E-state index >= 15 is 0 Å². The van der Waals surface area contributed by atoms with Gasteiger partial charge in [-0.15, -0.1) is 15.3 Å². The molecule has 3 heterocycles. The molecule has 0 aliphatic heterocycles. The standard InChI is InChI=1S/C12H13N5OS/c13-6-8-4-5-9(18-8)11-16-17-10(7-2-1-3-7)14-15-12(17)19-11/h4-5,7H,1-3,6,13H2. The van der Waals surface area contributed by atoms with Crippen LogP contribution in [0, 0.1) is 0 Å². The molecule has 0 bridgehead atoms. The van der Waals surface area contributed by atoms with Gasteiger partial charge in [0.05, 0.1) is 6.54 Å². The van der Waals surface area contributed by atoms with Gasteiger partial charge in [0.15, 0.2) is 16.6 Å². The largest absolute Gasteiger partial charge is 0.457 e. The molecular formula is C12H13N5OS. The zero-order chi connectivity index (χ0) is 12.8. The van der Waals surface area contributed by atoms with Crippen LogP contribution in [0.2, 0.25) is 0 Å². The number of hydrogen-bond acceptors (Lipinski definition) is 6. The summed E-state index contributed by atoms with van der Waals surface area (Å²) < 4.78 is 7.48. The molecule has 0 unspecified atom stereocenters. The van der Waals surface area contributed by atoms with E-state index in [0.717, 1.165) is 27.3 Å². The van der Waals surface area contributed by atoms with Crippen LogP contribution in [0.25, 0.3) is 15.7 Å². The molecule has 0 amide bonds. The Morgan fingerprint density at radius 3 is 2.95 bits per heavy atom. The van der Waals surface area contributed by atoms with Gasteiger partial charge in [-0.25, -0.2) is 0 Å². The van der Waals surface area contributed by atoms with Crippen LogP contribution in [0.5, 0.6) is 0 Å². The summed E-state index contributed by atoms with van der Waals surface area (Å²) in [5, 5.41) is 13.8. The Labute approximate surface area is 113 Å². The average Bonchev–Trinajstić information content (AvgIpc) is 3.01. The van der Waals surface area contributed by atoms with Crippen LogP contribution >= 0.6 is 11.3 Å². The first-order chi connectivity index (χ1) is 9.35. The number of nitrogens with two attached hydrogens (primary N) is 1. The normalized spacial score (nSPS) is 16.1. The smallest absolute Gasteiger partial charge is 0.235 e. The third kappa shape index (κ3) is 1.69. The van der Waals surface area contributed by atoms with E-state index < -0.39 is 0 Å². The SMILES string of the molecule is NCc1ccc(-c2nn3c(C4CCC4)nnc3s2)o1. The minimum Gasteiger partial charge on any atom is -0.457 e. The molecule has 6 nitrogen and oxygen atoms in total. The highest BCUT2D eigenvalue weighted by Gasteiger charge is 2.26. The zero-order valence-electron chi connectivity index (χ0n) is 10.2. The lowest BCUT2D eigenvalue weighted by Gasteiger charge is -2.22. The highest BCUT2D eigenvalue weighted by molar-refractivity contribution is 7.19. The van der Waals surface area contributed by atoms with E-state index in [0.29, 0.717) is 12.5 Å². The van der Waals surface area contributed by atoms with Crippen molar-refractivity contribution in [1.29, 1.82) is 0 Å². The van der Waals surface area contributed by atoms with Crippen molar-refractivity contribution in [2.24, 2.45) is 5.73 Å². The Balaban J connectivity index is 1.76. The lowest BCUT2D eigenvalue weighted by Crippen LogP contribution is -2.12. The van der Waals surface area contributed by atoms with Crippen LogP contribution < -0.4 is 5.73 Å². The molecule has 1 aliphatic carbocycles. The van der Waals surface area contributed by atoms with Gasteiger partial charge in [-0.1, -0.05) is 17.8 Å². The summed E-state index contributed by atoms with van der Waals surface area (Å²) in [6, 6.07) is 3.78. The van der Waals surface area contributed by atoms with E-state index in [1.165, 1.54) is 30.6 Å². The average molecular weight is 275 g/mol. The monoisotopic (exact) mass is 275 g/mol. The Morgan fingerprint density at radius 1 is 1.37 bits per heavy atom. The lowest BCUT2D eigenvalue weighted by atomic mass is 9.85. The lowest BCUT2D eigenvalue weighted by molar-refractivity contribution is 0.395. The highest BCUT2D eigenvalue weighted by Crippen LogP contribution is 2.36. The van der Waals surface area contributed by atoms with Crippen LogP contribution in [0.15, 0.2) is 16.5 Å². The summed E-state index contributed by atoms with van der Waals surface area (Å²) in [6.07, 6.45) is 3.64. The Morgan fingerprint density at radius 2 is 2.26 bits per heavy atom. The molecule has 2 N–H and O–H groups in total. The van der Waals surface area contributed by atoms with Crippen molar-refractivity contribution < 1.29 is 4.42 Å². The predicted molar refractivity (Wildman–Crippen MR) is 70.8 cm³/mol. The van der Waals surface area contributed by atoms with E-state index in [1.54, 1.807) is 0 Å². The second-order valence-corrected chi connectivity index (χ2v) is 5.71. The molecule has 1 aliphatic rings. The van der Waals surface area contributed by atoms with Gasteiger partial charge in [0, 0.05) is 5.92 Å². The quantitative estimate of drug-likeness (QED) is 0.792. The topological polar surface area (TPSA) is 82.2 Å². The number of hydrogen-bond donors (Lipinski definition) is 1. The minimum absolute atomic E-state index is 0.400. The summed E-state index contributed by atoms with van der Waals surface area (Å²) in [6.45, 7) is 0.400. The first kappa shape index (κ1) is 11.1. The molecule has 7 heteroatoms. The van der Waals surface area contributed by atoms with Crippen molar-refractivity contribution in [3.05, 3.63) is 23.7 Å². The van der Waals surface area contributed by atoms with Gasteiger partial charge in [0.1, 0.15) is 5.76 Å². The molecule has 98 valence electrons. The Kier molecular flexibility index (Phi) is 2.42. The molecule has 0 saturated heterocycles. The van der Waals surface area contributed by atoms with Crippen LogP contribution in [0.3, 0.4) is 0 Å². The molecule has 19 heavy (non-hydrogen) atoms. The molecule has 0 radical (unpaired) electrons. The maximum absolute atomic E-state index is 5.62. The highest BCUT2D eigenvalue weighted by atomic mass is 32.1. The van der Waals surface area contributed by atoms with Gasteiger partial charge in [-0.3, -0.25) is 0 Å². The first-order valence-corrected chi connectivity index (χ1v) is 7.18. The van der Waals surface area contributed by atoms with Crippen molar-refractivity contribution in [2.45, 2.75) is 31.7 Å². The van der Waals surface area contributed by atoms with Crippen LogP contribution in [0.1, 0.15) is 36.8 Å². The number of nitrogens with zero attached hydrogens (tertiary/aromatic N) is 4. The van der Waals surface area contributed by atoms with Crippen molar-refractivity contribution in [1.82, 2.24) is 19.8 Å². The van der Waals surface area contributed by atoms with E-state index in [1.807, 2.05) is 16.6 Å². The molecule has 0 spiro atoms. The van der Waals surface area contributed by atoms with Crippen molar-refractivity contribution in [2.75, 3.05) is 0 Å². The fourth-order valence-corrected chi connectivity index (χ4v) is 3.06. The molecule has 0 atom stereocenters. The van der Waals surface area contributed by atoms with Crippen LogP contribution in [-0.4, -0.2) is 19.8 Å². The molecule has 1 saturated carbocycles. The molecule has 3 aromatic rings. The predicted octanol–water partition coefficient (Wildman–Crippen LogP) is 2.17. The molecule has 3 aromatic heterocycles. The van der Waals surface area contributed by atoms with Crippen LogP contribution in [0.4, 0.5) is 0 Å². The zero-order valence-corrected chi connectivity index (χ0v) is 11.1. The summed E-state index contributed by atoms with van der Waals surface area (Å²) >= 11 is 1.49. The third-order valence-corrected chi connectivity index (χ3v) is 4.47. The fourth-order valence-electron chi connectivity index (χ4n) is 2.26. The van der Waals surface area contributed by atoms with E-state index in [-0.39, 0.29) is 0 Å². The molecular weight excluding hydrogens is 262 g/mol. The fraction of sp³-hybridized carbons (Fsp3) is 0.417. The van der Waals surface area contributed by atoms with Gasteiger partial charge in [-0.2, -0.15) is 4.52 Å². The van der Waals surface area contributed by atoms with Gasteiger partial charge in [0.2, 0.25) is 4.96 Å². The minimum atomic E-state index is 0.400. The van der Waals surface area contributed by atoms with Gasteiger partial charge in [0.25, 0.3) is 0 Å². The van der Waals surface area contributed by atoms with Gasteiger partial charge >= 0.3 is 0 Å². The maximum atomic E-state index is 5.62. The second kappa shape index (κ2) is 4.14. The van der Waals surface area contributed by atoms with Crippen LogP contribution in [-0.2, 0) is 6.54 Å². The first-order valence-electron chi connectivity index (χ1n) is 6.36.